The predicted molar refractivity (Wildman–Crippen MR) is 158 cm³/mol. The molecule has 0 aliphatic carbocycles. The minimum atomic E-state index is 1.34. The van der Waals surface area contributed by atoms with Gasteiger partial charge in [0.15, 0.2) is 0 Å². The van der Waals surface area contributed by atoms with Crippen LogP contribution in [0.5, 0.6) is 0 Å². The lowest BCUT2D eigenvalue weighted by atomic mass is 10.0. The fraction of sp³-hybridized carbons (Fsp3) is 0. The van der Waals surface area contributed by atoms with Gasteiger partial charge in [0, 0.05) is 49.7 Å². The number of rotatable bonds is 0. The summed E-state index contributed by atoms with van der Waals surface area (Å²) in [7, 11) is 0. The molecule has 0 nitrogen and oxygen atoms in total. The van der Waals surface area contributed by atoms with Gasteiger partial charge >= 0.3 is 0 Å². The standard InChI is InChI=1S/C30H14S4/c1-3-31-25-9-19-7-21-23-13-30-24(14-29(23)33-27(21)11-17(19)5-15(1)25)22-8-20-10-26-16(2-4-32-26)6-18(20)12-28(22)34-30/h1-14H. The smallest absolute Gasteiger partial charge is 0.0362 e. The molecule has 4 heteroatoms. The monoisotopic (exact) mass is 502 g/mol. The quantitative estimate of drug-likeness (QED) is 0.193. The van der Waals surface area contributed by atoms with Crippen LogP contribution in [0.25, 0.3) is 82.1 Å². The van der Waals surface area contributed by atoms with Crippen molar-refractivity contribution < 1.29 is 0 Å². The Hall–Kier alpha value is -3.02. The molecule has 0 N–H and O–H groups in total. The Morgan fingerprint density at radius 3 is 1.21 bits per heavy atom. The van der Waals surface area contributed by atoms with Gasteiger partial charge in [-0.05, 0) is 116 Å². The number of hydrogen-bond acceptors (Lipinski definition) is 4. The molecule has 9 aromatic rings. The largest absolute Gasteiger partial charge is 0.144 e. The Kier molecular flexibility index (Phi) is 3.42. The van der Waals surface area contributed by atoms with Gasteiger partial charge in [0.2, 0.25) is 0 Å². The van der Waals surface area contributed by atoms with E-state index in [4.69, 9.17) is 0 Å². The van der Waals surface area contributed by atoms with E-state index >= 15 is 0 Å². The first kappa shape index (κ1) is 18.3. The van der Waals surface area contributed by atoms with Crippen LogP contribution >= 0.6 is 45.3 Å². The molecular weight excluding hydrogens is 489 g/mol. The highest BCUT2D eigenvalue weighted by Gasteiger charge is 2.13. The zero-order chi connectivity index (χ0) is 22.0. The number of hydrogen-bond donors (Lipinski definition) is 0. The lowest BCUT2D eigenvalue weighted by Gasteiger charge is -2.01. The summed E-state index contributed by atoms with van der Waals surface area (Å²) >= 11 is 7.50. The average molecular weight is 503 g/mol. The Morgan fingerprint density at radius 2 is 0.706 bits per heavy atom. The van der Waals surface area contributed by atoms with Gasteiger partial charge in [-0.25, -0.2) is 0 Å². The SMILES string of the molecule is c1cc2cc3cc4sc5cc6c(cc5c4cc3cc2s1)sc1cc2cc3ccsc3cc2cc16. The van der Waals surface area contributed by atoms with Crippen LogP contribution < -0.4 is 0 Å². The van der Waals surface area contributed by atoms with Crippen LogP contribution in [0.15, 0.2) is 83.6 Å². The molecule has 0 bridgehead atoms. The number of fused-ring (bicyclic) bond motifs is 10. The van der Waals surface area contributed by atoms with Gasteiger partial charge in [-0.2, -0.15) is 0 Å². The molecular formula is C30H14S4. The highest BCUT2D eigenvalue weighted by Crippen LogP contribution is 2.44. The van der Waals surface area contributed by atoms with Crippen molar-refractivity contribution in [3.05, 3.63) is 83.6 Å². The predicted octanol–water partition coefficient (Wildman–Crippen LogP) is 11.2. The van der Waals surface area contributed by atoms with E-state index in [1.54, 1.807) is 0 Å². The third-order valence-corrected chi connectivity index (χ3v) is 11.1. The van der Waals surface area contributed by atoms with E-state index in [1.807, 2.05) is 45.3 Å². The average Bonchev–Trinajstić information content (AvgIpc) is 3.61. The molecule has 0 unspecified atom stereocenters. The number of thiophene rings is 4. The van der Waals surface area contributed by atoms with Crippen LogP contribution in [-0.2, 0) is 0 Å². The second kappa shape index (κ2) is 6.35. The summed E-state index contributed by atoms with van der Waals surface area (Å²) in [5, 5.41) is 17.9. The first-order chi connectivity index (χ1) is 16.8. The molecule has 4 heterocycles. The van der Waals surface area contributed by atoms with Crippen LogP contribution in [0.3, 0.4) is 0 Å². The van der Waals surface area contributed by atoms with Gasteiger partial charge < -0.3 is 0 Å². The van der Waals surface area contributed by atoms with E-state index in [2.05, 4.69) is 83.6 Å². The Balaban J connectivity index is 1.36. The second-order valence-electron chi connectivity index (χ2n) is 9.06. The molecule has 158 valence electrons. The fourth-order valence-electron chi connectivity index (χ4n) is 5.45. The minimum Gasteiger partial charge on any atom is -0.144 e. The van der Waals surface area contributed by atoms with E-state index in [0.717, 1.165) is 0 Å². The molecule has 9 rings (SSSR count). The lowest BCUT2D eigenvalue weighted by molar-refractivity contribution is 1.95. The van der Waals surface area contributed by atoms with Crippen molar-refractivity contribution in [2.45, 2.75) is 0 Å². The highest BCUT2D eigenvalue weighted by molar-refractivity contribution is 7.27. The summed E-state index contributed by atoms with van der Waals surface area (Å²) in [6, 6.07) is 28.3. The molecule has 0 spiro atoms. The maximum absolute atomic E-state index is 2.44. The van der Waals surface area contributed by atoms with Crippen LogP contribution in [0.4, 0.5) is 0 Å². The van der Waals surface area contributed by atoms with E-state index in [-0.39, 0.29) is 0 Å². The molecule has 0 aliphatic rings. The molecule has 0 saturated carbocycles. The number of benzene rings is 5. The molecule has 0 saturated heterocycles. The lowest BCUT2D eigenvalue weighted by Crippen LogP contribution is -1.74. The summed E-state index contributed by atoms with van der Waals surface area (Å²) in [6.07, 6.45) is 0. The van der Waals surface area contributed by atoms with E-state index in [9.17, 15) is 0 Å². The summed E-state index contributed by atoms with van der Waals surface area (Å²) < 4.78 is 8.26. The summed E-state index contributed by atoms with van der Waals surface area (Å²) in [6.45, 7) is 0. The van der Waals surface area contributed by atoms with Crippen molar-refractivity contribution in [2.24, 2.45) is 0 Å². The Bertz CT molecular complexity index is 2120. The molecule has 0 amide bonds. The first-order valence-electron chi connectivity index (χ1n) is 11.2. The zero-order valence-corrected chi connectivity index (χ0v) is 21.0. The van der Waals surface area contributed by atoms with Crippen LogP contribution in [0.1, 0.15) is 0 Å². The van der Waals surface area contributed by atoms with Crippen LogP contribution in [0, 0.1) is 0 Å². The van der Waals surface area contributed by atoms with Gasteiger partial charge in [-0.3, -0.25) is 0 Å². The van der Waals surface area contributed by atoms with E-state index in [1.165, 1.54) is 82.1 Å². The summed E-state index contributed by atoms with van der Waals surface area (Å²) in [5.74, 6) is 0. The molecule has 5 aromatic carbocycles. The summed E-state index contributed by atoms with van der Waals surface area (Å²) in [4.78, 5) is 0. The van der Waals surface area contributed by atoms with Crippen molar-refractivity contribution >= 4 is 127 Å². The Labute approximate surface area is 209 Å². The van der Waals surface area contributed by atoms with Crippen molar-refractivity contribution in [1.82, 2.24) is 0 Å². The summed E-state index contributed by atoms with van der Waals surface area (Å²) in [5.41, 5.74) is 0. The molecule has 0 aliphatic heterocycles. The molecule has 0 radical (unpaired) electrons. The molecule has 0 atom stereocenters. The molecule has 34 heavy (non-hydrogen) atoms. The maximum atomic E-state index is 2.44. The van der Waals surface area contributed by atoms with Gasteiger partial charge in [-0.15, -0.1) is 45.3 Å². The van der Waals surface area contributed by atoms with Crippen LogP contribution in [-0.4, -0.2) is 0 Å². The molecule has 0 fully saturated rings. The molecule has 4 aromatic heterocycles. The topological polar surface area (TPSA) is 0 Å². The fourth-order valence-corrected chi connectivity index (χ4v) is 9.41. The zero-order valence-electron chi connectivity index (χ0n) is 17.7. The van der Waals surface area contributed by atoms with Gasteiger partial charge in [0.25, 0.3) is 0 Å². The van der Waals surface area contributed by atoms with Crippen molar-refractivity contribution in [1.29, 1.82) is 0 Å². The van der Waals surface area contributed by atoms with Gasteiger partial charge in [0.1, 0.15) is 0 Å². The van der Waals surface area contributed by atoms with E-state index < -0.39 is 0 Å². The third-order valence-electron chi connectivity index (χ3n) is 7.12. The minimum absolute atomic E-state index is 1.34. The maximum Gasteiger partial charge on any atom is 0.0362 e. The normalized spacial score (nSPS) is 12.7. The van der Waals surface area contributed by atoms with Crippen molar-refractivity contribution in [3.63, 3.8) is 0 Å². The van der Waals surface area contributed by atoms with Gasteiger partial charge in [0.05, 0.1) is 0 Å². The van der Waals surface area contributed by atoms with Crippen LogP contribution in [0.2, 0.25) is 0 Å². The van der Waals surface area contributed by atoms with Crippen molar-refractivity contribution in [2.75, 3.05) is 0 Å². The second-order valence-corrected chi connectivity index (χ2v) is 13.1. The first-order valence-corrected chi connectivity index (χ1v) is 14.6. The third kappa shape index (κ3) is 2.41. The van der Waals surface area contributed by atoms with Crippen molar-refractivity contribution in [3.8, 4) is 0 Å². The Morgan fingerprint density at radius 1 is 0.324 bits per heavy atom. The highest BCUT2D eigenvalue weighted by atomic mass is 32.1. The van der Waals surface area contributed by atoms with Gasteiger partial charge in [-0.1, -0.05) is 0 Å². The van der Waals surface area contributed by atoms with E-state index in [0.29, 0.717) is 0 Å².